The standard InChI is InChI=1S/C18H20N8O3S/c19-30(28,29)12-4-5-13(20-10-12)22-17-21-9-11-8-14-24-25-16(27)18(6-2-1-3-7-18)26(14)15(11)23-17/h4-5,8-10,24H,1-3,6-7H2,(H,25,27)(H2,19,28,29)(H,20,21,22,23). The summed E-state index contributed by atoms with van der Waals surface area (Å²) in [5.74, 6) is 1.38. The molecule has 30 heavy (non-hydrogen) atoms. The number of nitrogens with two attached hydrogens (primary N) is 1. The molecule has 5 N–H and O–H groups in total. The number of pyridine rings is 1. The number of aromatic nitrogens is 4. The first kappa shape index (κ1) is 18.8. The van der Waals surface area contributed by atoms with Crippen LogP contribution in [0.4, 0.5) is 17.6 Å². The Morgan fingerprint density at radius 2 is 1.90 bits per heavy atom. The molecule has 0 aromatic carbocycles. The molecule has 3 aromatic rings. The molecule has 156 valence electrons. The Labute approximate surface area is 172 Å². The summed E-state index contributed by atoms with van der Waals surface area (Å²) in [6, 6.07) is 4.75. The van der Waals surface area contributed by atoms with E-state index in [4.69, 9.17) is 5.14 Å². The fourth-order valence-electron chi connectivity index (χ4n) is 4.24. The molecule has 0 bridgehead atoms. The van der Waals surface area contributed by atoms with Crippen molar-refractivity contribution in [2.24, 2.45) is 5.14 Å². The fraction of sp³-hybridized carbons (Fsp3) is 0.333. The monoisotopic (exact) mass is 428 g/mol. The van der Waals surface area contributed by atoms with Crippen molar-refractivity contribution in [3.8, 4) is 0 Å². The van der Waals surface area contributed by atoms with Gasteiger partial charge in [0.15, 0.2) is 0 Å². The van der Waals surface area contributed by atoms with E-state index in [1.807, 2.05) is 10.6 Å². The number of anilines is 3. The number of sulfonamides is 1. The van der Waals surface area contributed by atoms with Crippen molar-refractivity contribution in [2.75, 3.05) is 10.7 Å². The Morgan fingerprint density at radius 3 is 2.60 bits per heavy atom. The topological polar surface area (TPSA) is 157 Å². The zero-order chi connectivity index (χ0) is 20.9. The van der Waals surface area contributed by atoms with E-state index in [9.17, 15) is 13.2 Å². The number of carbonyl (C=O) groups excluding carboxylic acids is 1. The molecule has 2 aliphatic rings. The smallest absolute Gasteiger partial charge is 0.264 e. The van der Waals surface area contributed by atoms with Crippen LogP contribution >= 0.6 is 0 Å². The van der Waals surface area contributed by atoms with E-state index in [1.54, 1.807) is 6.20 Å². The summed E-state index contributed by atoms with van der Waals surface area (Å²) in [6.07, 6.45) is 7.41. The summed E-state index contributed by atoms with van der Waals surface area (Å²) in [5, 5.41) is 8.88. The lowest BCUT2D eigenvalue weighted by molar-refractivity contribution is -0.131. The molecular formula is C18H20N8O3S. The number of primary sulfonamides is 1. The van der Waals surface area contributed by atoms with Crippen molar-refractivity contribution < 1.29 is 13.2 Å². The molecule has 0 saturated heterocycles. The molecule has 0 atom stereocenters. The number of fused-ring (bicyclic) bond motifs is 4. The molecule has 12 heteroatoms. The predicted octanol–water partition coefficient (Wildman–Crippen LogP) is 1.33. The molecule has 0 unspecified atom stereocenters. The lowest BCUT2D eigenvalue weighted by atomic mass is 9.80. The molecule has 11 nitrogen and oxygen atoms in total. The molecule has 1 amide bonds. The SMILES string of the molecule is NS(=O)(=O)c1ccc(Nc2ncc3cc4n(c3n2)C2(CCCCC2)C(=O)NN4)nc1. The number of rotatable bonds is 3. The third-order valence-corrected chi connectivity index (χ3v) is 6.58. The first-order chi connectivity index (χ1) is 14.4. The highest BCUT2D eigenvalue weighted by Crippen LogP contribution is 2.42. The Hall–Kier alpha value is -3.25. The number of amides is 1. The zero-order valence-corrected chi connectivity index (χ0v) is 16.7. The van der Waals surface area contributed by atoms with Crippen LogP contribution in [0.5, 0.6) is 0 Å². The molecular weight excluding hydrogens is 408 g/mol. The van der Waals surface area contributed by atoms with Gasteiger partial charge in [0, 0.05) is 17.8 Å². The van der Waals surface area contributed by atoms with Crippen LogP contribution in [0.1, 0.15) is 32.1 Å². The predicted molar refractivity (Wildman–Crippen MR) is 109 cm³/mol. The molecule has 1 aliphatic carbocycles. The van der Waals surface area contributed by atoms with Gasteiger partial charge in [-0.15, -0.1) is 0 Å². The summed E-state index contributed by atoms with van der Waals surface area (Å²) >= 11 is 0. The van der Waals surface area contributed by atoms with Crippen LogP contribution in [-0.4, -0.2) is 33.8 Å². The van der Waals surface area contributed by atoms with Gasteiger partial charge in [0.2, 0.25) is 16.0 Å². The molecule has 1 spiro atoms. The van der Waals surface area contributed by atoms with E-state index < -0.39 is 15.6 Å². The van der Waals surface area contributed by atoms with E-state index in [1.165, 1.54) is 18.3 Å². The Kier molecular flexibility index (Phi) is 4.15. The van der Waals surface area contributed by atoms with Crippen molar-refractivity contribution >= 4 is 44.5 Å². The number of hydrogen-bond donors (Lipinski definition) is 4. The average Bonchev–Trinajstić information content (AvgIpc) is 3.10. The summed E-state index contributed by atoms with van der Waals surface area (Å²) in [4.78, 5) is 25.8. The third kappa shape index (κ3) is 2.95. The minimum atomic E-state index is -3.81. The van der Waals surface area contributed by atoms with Crippen LogP contribution in [0.3, 0.4) is 0 Å². The van der Waals surface area contributed by atoms with Gasteiger partial charge >= 0.3 is 0 Å². The van der Waals surface area contributed by atoms with Crippen LogP contribution in [0.15, 0.2) is 35.5 Å². The molecule has 1 fully saturated rings. The van der Waals surface area contributed by atoms with Crippen molar-refractivity contribution in [3.63, 3.8) is 0 Å². The maximum absolute atomic E-state index is 12.8. The minimum Gasteiger partial charge on any atom is -0.309 e. The van der Waals surface area contributed by atoms with Gasteiger partial charge in [-0.05, 0) is 31.0 Å². The van der Waals surface area contributed by atoms with Crippen LogP contribution in [0, 0.1) is 0 Å². The second-order valence-corrected chi connectivity index (χ2v) is 9.12. The van der Waals surface area contributed by atoms with Crippen LogP contribution in [0.25, 0.3) is 11.0 Å². The van der Waals surface area contributed by atoms with E-state index in [-0.39, 0.29) is 16.8 Å². The number of carbonyl (C=O) groups is 1. The maximum Gasteiger partial charge on any atom is 0.264 e. The fourth-order valence-corrected chi connectivity index (χ4v) is 4.69. The van der Waals surface area contributed by atoms with E-state index in [0.29, 0.717) is 11.5 Å². The minimum absolute atomic E-state index is 0.0550. The first-order valence-corrected chi connectivity index (χ1v) is 11.1. The van der Waals surface area contributed by atoms with Crippen LogP contribution < -0.4 is 21.3 Å². The highest BCUT2D eigenvalue weighted by molar-refractivity contribution is 7.89. The average molecular weight is 428 g/mol. The van der Waals surface area contributed by atoms with Crippen LogP contribution in [-0.2, 0) is 20.4 Å². The second kappa shape index (κ2) is 6.64. The number of hydrazine groups is 1. The molecule has 1 aliphatic heterocycles. The van der Waals surface area contributed by atoms with Gasteiger partial charge in [0.05, 0.1) is 0 Å². The Morgan fingerprint density at radius 1 is 1.10 bits per heavy atom. The molecule has 5 rings (SSSR count). The third-order valence-electron chi connectivity index (χ3n) is 5.68. The van der Waals surface area contributed by atoms with Gasteiger partial charge in [-0.1, -0.05) is 19.3 Å². The van der Waals surface area contributed by atoms with Crippen molar-refractivity contribution in [2.45, 2.75) is 42.5 Å². The molecule has 0 radical (unpaired) electrons. The van der Waals surface area contributed by atoms with Gasteiger partial charge in [-0.2, -0.15) is 4.98 Å². The molecule has 4 heterocycles. The summed E-state index contributed by atoms with van der Waals surface area (Å²) in [5.41, 5.74) is 5.73. The maximum atomic E-state index is 12.8. The van der Waals surface area contributed by atoms with Gasteiger partial charge in [0.1, 0.15) is 27.7 Å². The summed E-state index contributed by atoms with van der Waals surface area (Å²) in [7, 11) is -3.81. The summed E-state index contributed by atoms with van der Waals surface area (Å²) in [6.45, 7) is 0. The van der Waals surface area contributed by atoms with Gasteiger partial charge in [-0.3, -0.25) is 20.2 Å². The van der Waals surface area contributed by atoms with Crippen molar-refractivity contribution in [1.82, 2.24) is 24.9 Å². The zero-order valence-electron chi connectivity index (χ0n) is 15.9. The lowest BCUT2D eigenvalue weighted by Gasteiger charge is -2.41. The van der Waals surface area contributed by atoms with Crippen molar-refractivity contribution in [3.05, 3.63) is 30.6 Å². The van der Waals surface area contributed by atoms with Crippen molar-refractivity contribution in [1.29, 1.82) is 0 Å². The molecule has 3 aromatic heterocycles. The van der Waals surface area contributed by atoms with Gasteiger partial charge < -0.3 is 5.32 Å². The first-order valence-electron chi connectivity index (χ1n) is 9.58. The largest absolute Gasteiger partial charge is 0.309 e. The number of nitrogens with one attached hydrogen (secondary N) is 3. The van der Waals surface area contributed by atoms with E-state index in [2.05, 4.69) is 31.1 Å². The highest BCUT2D eigenvalue weighted by atomic mass is 32.2. The quantitative estimate of drug-likeness (QED) is 0.487. The van der Waals surface area contributed by atoms with Gasteiger partial charge in [0.25, 0.3) is 5.91 Å². The van der Waals surface area contributed by atoms with E-state index in [0.717, 1.165) is 43.3 Å². The highest BCUT2D eigenvalue weighted by Gasteiger charge is 2.46. The lowest BCUT2D eigenvalue weighted by Crippen LogP contribution is -2.55. The second-order valence-electron chi connectivity index (χ2n) is 7.56. The van der Waals surface area contributed by atoms with Gasteiger partial charge in [-0.25, -0.2) is 23.5 Å². The van der Waals surface area contributed by atoms with E-state index >= 15 is 0 Å². The number of hydrogen-bond acceptors (Lipinski definition) is 8. The Bertz CT molecular complexity index is 1250. The summed E-state index contributed by atoms with van der Waals surface area (Å²) < 4.78 is 24.7. The van der Waals surface area contributed by atoms with Crippen LogP contribution in [0.2, 0.25) is 0 Å². The number of nitrogens with zero attached hydrogens (tertiary/aromatic N) is 4. The normalized spacial score (nSPS) is 18.0. The Balaban J connectivity index is 1.54. The molecule has 1 saturated carbocycles.